The van der Waals surface area contributed by atoms with E-state index in [0.29, 0.717) is 11.8 Å². The predicted molar refractivity (Wildman–Crippen MR) is 88.8 cm³/mol. The van der Waals surface area contributed by atoms with Gasteiger partial charge >= 0.3 is 11.8 Å². The molecule has 2 amide bonds. The summed E-state index contributed by atoms with van der Waals surface area (Å²) >= 11 is 0. The molecule has 2 aromatic carbocycles. The first-order chi connectivity index (χ1) is 11.4. The molecule has 4 nitrogen and oxygen atoms in total. The van der Waals surface area contributed by atoms with Crippen LogP contribution in [-0.4, -0.2) is 11.8 Å². The third-order valence-corrected chi connectivity index (χ3v) is 3.74. The van der Waals surface area contributed by atoms with Gasteiger partial charge in [-0.05, 0) is 36.1 Å². The highest BCUT2D eigenvalue weighted by Gasteiger charge is 2.18. The normalized spacial score (nSPS) is 11.7. The van der Waals surface area contributed by atoms with Crippen LogP contribution in [0.5, 0.6) is 0 Å². The highest BCUT2D eigenvalue weighted by molar-refractivity contribution is 6.43. The SMILES string of the molecule is CCC(C)c1ccccc1NC(=O)C(=O)Nc1ccc(F)cc1F. The molecular formula is C18H18F2N2O2. The molecule has 2 rings (SSSR count). The number of halogens is 2. The van der Waals surface area contributed by atoms with Crippen molar-refractivity contribution < 1.29 is 18.4 Å². The molecule has 6 heteroatoms. The molecule has 0 aliphatic heterocycles. The van der Waals surface area contributed by atoms with Gasteiger partial charge in [0.1, 0.15) is 11.6 Å². The molecule has 0 aromatic heterocycles. The van der Waals surface area contributed by atoms with Crippen LogP contribution < -0.4 is 10.6 Å². The average Bonchev–Trinajstić information content (AvgIpc) is 2.57. The van der Waals surface area contributed by atoms with Crippen molar-refractivity contribution in [1.82, 2.24) is 0 Å². The molecule has 0 saturated heterocycles. The summed E-state index contributed by atoms with van der Waals surface area (Å²) in [6.07, 6.45) is 0.875. The highest BCUT2D eigenvalue weighted by atomic mass is 19.1. The van der Waals surface area contributed by atoms with Crippen molar-refractivity contribution in [3.63, 3.8) is 0 Å². The van der Waals surface area contributed by atoms with Crippen molar-refractivity contribution in [2.45, 2.75) is 26.2 Å². The zero-order chi connectivity index (χ0) is 17.7. The Hall–Kier alpha value is -2.76. The minimum absolute atomic E-state index is 0.208. The van der Waals surface area contributed by atoms with Gasteiger partial charge in [-0.25, -0.2) is 8.78 Å². The maximum atomic E-state index is 13.5. The fourth-order valence-corrected chi connectivity index (χ4v) is 2.21. The summed E-state index contributed by atoms with van der Waals surface area (Å²) in [7, 11) is 0. The van der Waals surface area contributed by atoms with Crippen LogP contribution in [0.1, 0.15) is 31.7 Å². The predicted octanol–water partition coefficient (Wildman–Crippen LogP) is 4.06. The van der Waals surface area contributed by atoms with Crippen LogP contribution >= 0.6 is 0 Å². The van der Waals surface area contributed by atoms with Gasteiger partial charge in [-0.1, -0.05) is 32.0 Å². The first kappa shape index (κ1) is 17.6. The third-order valence-electron chi connectivity index (χ3n) is 3.74. The van der Waals surface area contributed by atoms with Crippen molar-refractivity contribution in [3.05, 3.63) is 59.7 Å². The van der Waals surface area contributed by atoms with Crippen LogP contribution in [0, 0.1) is 11.6 Å². The van der Waals surface area contributed by atoms with E-state index in [1.807, 2.05) is 26.0 Å². The first-order valence-electron chi connectivity index (χ1n) is 7.58. The van der Waals surface area contributed by atoms with Crippen molar-refractivity contribution >= 4 is 23.2 Å². The Morgan fingerprint density at radius 3 is 2.25 bits per heavy atom. The largest absolute Gasteiger partial charge is 0.318 e. The van der Waals surface area contributed by atoms with Gasteiger partial charge in [-0.2, -0.15) is 0 Å². The minimum atomic E-state index is -1.03. The van der Waals surface area contributed by atoms with Crippen molar-refractivity contribution in [3.8, 4) is 0 Å². The number of para-hydroxylation sites is 1. The molecule has 0 spiro atoms. The summed E-state index contributed by atoms with van der Waals surface area (Å²) in [5, 5.41) is 4.66. The Kier molecular flexibility index (Phi) is 5.63. The summed E-state index contributed by atoms with van der Waals surface area (Å²) in [4.78, 5) is 24.0. The minimum Gasteiger partial charge on any atom is -0.318 e. The maximum absolute atomic E-state index is 13.5. The molecule has 0 aliphatic carbocycles. The summed E-state index contributed by atoms with van der Waals surface area (Å²) in [6.45, 7) is 4.03. The molecule has 1 atom stereocenters. The summed E-state index contributed by atoms with van der Waals surface area (Å²) in [5.41, 5.74) is 1.19. The first-order valence-corrected chi connectivity index (χ1v) is 7.58. The van der Waals surface area contributed by atoms with Gasteiger partial charge in [0.05, 0.1) is 5.69 Å². The van der Waals surface area contributed by atoms with E-state index in [1.54, 1.807) is 12.1 Å². The van der Waals surface area contributed by atoms with Gasteiger partial charge < -0.3 is 10.6 Å². The van der Waals surface area contributed by atoms with Crippen molar-refractivity contribution in [2.24, 2.45) is 0 Å². The number of amides is 2. The number of carbonyl (C=O) groups is 2. The Morgan fingerprint density at radius 1 is 1.00 bits per heavy atom. The molecule has 2 aromatic rings. The zero-order valence-corrected chi connectivity index (χ0v) is 13.4. The van der Waals surface area contributed by atoms with E-state index in [4.69, 9.17) is 0 Å². The van der Waals surface area contributed by atoms with E-state index in [2.05, 4.69) is 10.6 Å². The number of anilines is 2. The molecule has 0 bridgehead atoms. The average molecular weight is 332 g/mol. The molecule has 0 radical (unpaired) electrons. The zero-order valence-electron chi connectivity index (χ0n) is 13.4. The molecule has 24 heavy (non-hydrogen) atoms. The van der Waals surface area contributed by atoms with Crippen LogP contribution in [0.2, 0.25) is 0 Å². The number of nitrogens with one attached hydrogen (secondary N) is 2. The van der Waals surface area contributed by atoms with E-state index in [1.165, 1.54) is 0 Å². The molecule has 2 N–H and O–H groups in total. The molecule has 126 valence electrons. The van der Waals surface area contributed by atoms with E-state index in [9.17, 15) is 18.4 Å². The second kappa shape index (κ2) is 7.68. The van der Waals surface area contributed by atoms with Gasteiger partial charge in [0.25, 0.3) is 0 Å². The summed E-state index contributed by atoms with van der Waals surface area (Å²) in [5.74, 6) is -3.46. The Labute approximate surface area is 138 Å². The van der Waals surface area contributed by atoms with Gasteiger partial charge in [0.15, 0.2) is 0 Å². The lowest BCUT2D eigenvalue weighted by molar-refractivity contribution is -0.133. The summed E-state index contributed by atoms with van der Waals surface area (Å²) < 4.78 is 26.4. The van der Waals surface area contributed by atoms with Crippen LogP contribution in [0.3, 0.4) is 0 Å². The Bertz CT molecular complexity index is 762. The monoisotopic (exact) mass is 332 g/mol. The topological polar surface area (TPSA) is 58.2 Å². The van der Waals surface area contributed by atoms with Crippen LogP contribution in [0.4, 0.5) is 20.2 Å². The standard InChI is InChI=1S/C18H18F2N2O2/c1-3-11(2)13-6-4-5-7-15(13)21-17(23)18(24)22-16-9-8-12(19)10-14(16)20/h4-11H,3H2,1-2H3,(H,21,23)(H,22,24). The molecule has 0 aliphatic rings. The molecule has 0 heterocycles. The maximum Gasteiger partial charge on any atom is 0.314 e. The molecule has 0 saturated carbocycles. The summed E-state index contributed by atoms with van der Waals surface area (Å²) in [6, 6.07) is 9.86. The third kappa shape index (κ3) is 4.16. The highest BCUT2D eigenvalue weighted by Crippen LogP contribution is 2.26. The van der Waals surface area contributed by atoms with Crippen molar-refractivity contribution in [2.75, 3.05) is 10.6 Å². The number of hydrogen-bond acceptors (Lipinski definition) is 2. The van der Waals surface area contributed by atoms with Gasteiger partial charge in [-0.15, -0.1) is 0 Å². The van der Waals surface area contributed by atoms with E-state index >= 15 is 0 Å². The Morgan fingerprint density at radius 2 is 1.62 bits per heavy atom. The fraction of sp³-hybridized carbons (Fsp3) is 0.222. The number of carbonyl (C=O) groups excluding carboxylic acids is 2. The smallest absolute Gasteiger partial charge is 0.314 e. The lowest BCUT2D eigenvalue weighted by Crippen LogP contribution is -2.29. The van der Waals surface area contributed by atoms with Gasteiger partial charge in [0.2, 0.25) is 0 Å². The lowest BCUT2D eigenvalue weighted by Gasteiger charge is -2.15. The van der Waals surface area contributed by atoms with Gasteiger partial charge in [-0.3, -0.25) is 9.59 Å². The van der Waals surface area contributed by atoms with E-state index in [0.717, 1.165) is 24.1 Å². The van der Waals surface area contributed by atoms with E-state index in [-0.39, 0.29) is 11.6 Å². The molecular weight excluding hydrogens is 314 g/mol. The van der Waals surface area contributed by atoms with Crippen LogP contribution in [0.25, 0.3) is 0 Å². The molecule has 1 unspecified atom stereocenters. The second-order valence-corrected chi connectivity index (χ2v) is 5.43. The second-order valence-electron chi connectivity index (χ2n) is 5.43. The number of hydrogen-bond donors (Lipinski definition) is 2. The number of benzene rings is 2. The van der Waals surface area contributed by atoms with Gasteiger partial charge in [0, 0.05) is 11.8 Å². The molecule has 0 fully saturated rings. The quantitative estimate of drug-likeness (QED) is 0.830. The van der Waals surface area contributed by atoms with Crippen LogP contribution in [0.15, 0.2) is 42.5 Å². The fourth-order valence-electron chi connectivity index (χ4n) is 2.21. The van der Waals surface area contributed by atoms with Crippen molar-refractivity contribution in [1.29, 1.82) is 0 Å². The van der Waals surface area contributed by atoms with Crippen LogP contribution in [-0.2, 0) is 9.59 Å². The van der Waals surface area contributed by atoms with E-state index < -0.39 is 23.4 Å². The lowest BCUT2D eigenvalue weighted by atomic mass is 9.97. The number of rotatable bonds is 4. The Balaban J connectivity index is 2.11.